The van der Waals surface area contributed by atoms with Gasteiger partial charge in [0.1, 0.15) is 0 Å². The van der Waals surface area contributed by atoms with Gasteiger partial charge in [0.15, 0.2) is 23.0 Å². The Kier molecular flexibility index (Phi) is 6.05. The number of para-hydroxylation sites is 4. The summed E-state index contributed by atoms with van der Waals surface area (Å²) in [7, 11) is 0. The third-order valence-electron chi connectivity index (χ3n) is 12.3. The minimum atomic E-state index is -0.0769. The van der Waals surface area contributed by atoms with E-state index in [1.807, 2.05) is 36.0 Å². The lowest BCUT2D eigenvalue weighted by Gasteiger charge is -2.49. The van der Waals surface area contributed by atoms with Crippen LogP contribution < -0.4 is 30.1 Å². The quantitative estimate of drug-likeness (QED) is 0.159. The summed E-state index contributed by atoms with van der Waals surface area (Å²) in [5.74, 6) is 2.97. The highest BCUT2D eigenvalue weighted by atomic mass is 32.2. The zero-order chi connectivity index (χ0) is 35.3. The van der Waals surface area contributed by atoms with Crippen molar-refractivity contribution in [2.75, 3.05) is 9.71 Å². The zero-order valence-corrected chi connectivity index (χ0v) is 31.2. The first-order valence-electron chi connectivity index (χ1n) is 18.5. The summed E-state index contributed by atoms with van der Waals surface area (Å²) in [6.45, 7) is 14.2. The van der Waals surface area contributed by atoms with Crippen LogP contribution in [0.15, 0.2) is 113 Å². The molecule has 1 aliphatic carbocycles. The van der Waals surface area contributed by atoms with Gasteiger partial charge in [-0.3, -0.25) is 0 Å². The van der Waals surface area contributed by atoms with Crippen LogP contribution in [0.5, 0.6) is 23.0 Å². The Hall–Kier alpha value is -5.07. The van der Waals surface area contributed by atoms with Crippen molar-refractivity contribution in [1.82, 2.24) is 0 Å². The number of aryl methyl sites for hydroxylation is 2. The fraction of sp³-hybridized carbons (Fsp3) is 0.217. The summed E-state index contributed by atoms with van der Waals surface area (Å²) in [6, 6.07) is 38.0. The van der Waals surface area contributed by atoms with Crippen LogP contribution in [0.3, 0.4) is 0 Å². The third kappa shape index (κ3) is 4.07. The topological polar surface area (TPSA) is 24.9 Å². The van der Waals surface area contributed by atoms with Crippen molar-refractivity contribution in [2.24, 2.45) is 0 Å². The van der Waals surface area contributed by atoms with Crippen molar-refractivity contribution in [1.29, 1.82) is 0 Å². The molecule has 6 heteroatoms. The van der Waals surface area contributed by atoms with Crippen LogP contribution in [0.1, 0.15) is 62.8 Å². The second kappa shape index (κ2) is 10.3. The van der Waals surface area contributed by atoms with Crippen molar-refractivity contribution in [3.8, 4) is 34.1 Å². The van der Waals surface area contributed by atoms with E-state index in [1.165, 1.54) is 83.3 Å². The summed E-state index contributed by atoms with van der Waals surface area (Å²) in [5.41, 5.74) is 16.9. The summed E-state index contributed by atoms with van der Waals surface area (Å²) < 4.78 is 13.3. The molecule has 0 spiro atoms. The molecule has 11 rings (SSSR count). The van der Waals surface area contributed by atoms with Gasteiger partial charge in [0, 0.05) is 44.2 Å². The molecule has 0 unspecified atom stereocenters. The summed E-state index contributed by atoms with van der Waals surface area (Å²) in [6.07, 6.45) is 2.35. The van der Waals surface area contributed by atoms with Crippen LogP contribution in [0, 0.1) is 13.8 Å². The lowest BCUT2D eigenvalue weighted by atomic mass is 9.43. The van der Waals surface area contributed by atoms with Gasteiger partial charge in [-0.25, -0.2) is 0 Å². The van der Waals surface area contributed by atoms with Crippen LogP contribution in [-0.2, 0) is 10.8 Å². The Balaban J connectivity index is 1.25. The first-order valence-corrected chi connectivity index (χ1v) is 19.3. The molecule has 0 bridgehead atoms. The van der Waals surface area contributed by atoms with Gasteiger partial charge in [-0.2, -0.15) is 0 Å². The number of nitrogens with zero attached hydrogens (tertiary/aromatic N) is 2. The number of fused-ring (bicyclic) bond motifs is 9. The lowest BCUT2D eigenvalue weighted by molar-refractivity contribution is 0.332. The molecule has 0 aromatic heterocycles. The first-order chi connectivity index (χ1) is 25.1. The van der Waals surface area contributed by atoms with Crippen LogP contribution in [0.4, 0.5) is 28.4 Å². The van der Waals surface area contributed by atoms with E-state index in [9.17, 15) is 0 Å². The van der Waals surface area contributed by atoms with E-state index in [0.29, 0.717) is 0 Å². The molecule has 52 heavy (non-hydrogen) atoms. The molecular formula is C46H39BN2O2S. The van der Waals surface area contributed by atoms with Crippen molar-refractivity contribution < 1.29 is 9.47 Å². The molecule has 4 nitrogen and oxygen atoms in total. The Morgan fingerprint density at radius 1 is 0.596 bits per heavy atom. The number of ether oxygens (including phenoxy) is 2. The van der Waals surface area contributed by atoms with Crippen molar-refractivity contribution in [3.63, 3.8) is 0 Å². The molecule has 4 heterocycles. The summed E-state index contributed by atoms with van der Waals surface area (Å²) in [5, 5.41) is 0. The smallest absolute Gasteiger partial charge is 0.333 e. The van der Waals surface area contributed by atoms with E-state index in [-0.39, 0.29) is 17.7 Å². The standard InChI is InChI=1S/C46H39BN2O2S/c1-26-20-29-28-12-11-17-42-44(28)49(33-13-7-10-16-41(33)52-42)47-32-24-39-40(51-38-15-9-8-14-37(38)50-39)25-35(32)48(36(21-26)43(29)47)34-23-31-30(22-27(34)2)45(3,4)18-19-46(31,5)6/h7-17,20-25H,18-19H2,1-6H3. The first kappa shape index (κ1) is 30.6. The molecular weight excluding hydrogens is 655 g/mol. The lowest BCUT2D eigenvalue weighted by Crippen LogP contribution is -2.62. The van der Waals surface area contributed by atoms with E-state index in [4.69, 9.17) is 9.47 Å². The maximum atomic E-state index is 6.66. The van der Waals surface area contributed by atoms with E-state index in [2.05, 4.69) is 130 Å². The normalized spacial score (nSPS) is 17.3. The van der Waals surface area contributed by atoms with Crippen LogP contribution >= 0.6 is 11.8 Å². The Morgan fingerprint density at radius 2 is 1.27 bits per heavy atom. The molecule has 6 aromatic rings. The minimum Gasteiger partial charge on any atom is -0.450 e. The number of rotatable bonds is 1. The molecule has 0 amide bonds. The average molecular weight is 695 g/mol. The number of hydrogen-bond acceptors (Lipinski definition) is 5. The van der Waals surface area contributed by atoms with E-state index in [0.717, 1.165) is 35.1 Å². The maximum absolute atomic E-state index is 6.66. The molecule has 254 valence electrons. The summed E-state index contributed by atoms with van der Waals surface area (Å²) >= 11 is 1.87. The Bertz CT molecular complexity index is 2570. The van der Waals surface area contributed by atoms with Gasteiger partial charge in [-0.05, 0) is 125 Å². The predicted molar refractivity (Wildman–Crippen MR) is 216 cm³/mol. The van der Waals surface area contributed by atoms with Gasteiger partial charge in [-0.1, -0.05) is 88.0 Å². The van der Waals surface area contributed by atoms with Gasteiger partial charge in [-0.15, -0.1) is 0 Å². The van der Waals surface area contributed by atoms with Crippen molar-refractivity contribution in [3.05, 3.63) is 125 Å². The highest BCUT2D eigenvalue weighted by Gasteiger charge is 2.49. The SMILES string of the molecule is Cc1cc2c3c(c1)N(c1cc4c(cc1C)C(C)(C)CCC4(C)C)c1cc4c(cc1B3N1c3ccccc3Sc3cccc-2c31)Oc1ccccc1O4. The van der Waals surface area contributed by atoms with Crippen LogP contribution in [0.2, 0.25) is 0 Å². The number of hydrogen-bond donors (Lipinski definition) is 0. The summed E-state index contributed by atoms with van der Waals surface area (Å²) in [4.78, 5) is 7.73. The van der Waals surface area contributed by atoms with Crippen LogP contribution in [-0.4, -0.2) is 6.85 Å². The monoisotopic (exact) mass is 694 g/mol. The second-order valence-corrected chi connectivity index (χ2v) is 17.6. The van der Waals surface area contributed by atoms with Crippen molar-refractivity contribution in [2.45, 2.75) is 75.0 Å². The predicted octanol–water partition coefficient (Wildman–Crippen LogP) is 11.7. The van der Waals surface area contributed by atoms with Crippen LogP contribution in [0.25, 0.3) is 11.1 Å². The van der Waals surface area contributed by atoms with E-state index in [1.54, 1.807) is 0 Å². The van der Waals surface area contributed by atoms with Gasteiger partial charge in [0.25, 0.3) is 0 Å². The maximum Gasteiger partial charge on any atom is 0.333 e. The molecule has 4 aliphatic heterocycles. The van der Waals surface area contributed by atoms with E-state index < -0.39 is 0 Å². The van der Waals surface area contributed by atoms with Crippen molar-refractivity contribution >= 4 is 58.0 Å². The Morgan fingerprint density at radius 3 is 2.04 bits per heavy atom. The fourth-order valence-corrected chi connectivity index (χ4v) is 10.7. The van der Waals surface area contributed by atoms with Gasteiger partial charge >= 0.3 is 6.85 Å². The minimum absolute atomic E-state index is 0.0710. The molecule has 5 aliphatic rings. The van der Waals surface area contributed by atoms with Gasteiger partial charge in [0.2, 0.25) is 0 Å². The van der Waals surface area contributed by atoms with Gasteiger partial charge in [0.05, 0.1) is 5.69 Å². The Labute approximate surface area is 310 Å². The van der Waals surface area contributed by atoms with E-state index >= 15 is 0 Å². The molecule has 0 saturated carbocycles. The molecule has 0 N–H and O–H groups in total. The molecule has 0 radical (unpaired) electrons. The fourth-order valence-electron chi connectivity index (χ4n) is 9.55. The van der Waals surface area contributed by atoms with Gasteiger partial charge < -0.3 is 19.2 Å². The largest absolute Gasteiger partial charge is 0.450 e. The highest BCUT2D eigenvalue weighted by molar-refractivity contribution is 7.99. The second-order valence-electron chi connectivity index (χ2n) is 16.5. The third-order valence-corrected chi connectivity index (χ3v) is 13.4. The highest BCUT2D eigenvalue weighted by Crippen LogP contribution is 2.57. The number of benzene rings is 6. The average Bonchev–Trinajstić information content (AvgIpc) is 3.13. The zero-order valence-electron chi connectivity index (χ0n) is 30.4. The molecule has 6 aromatic carbocycles. The number of anilines is 5. The molecule has 0 saturated heterocycles. The molecule has 0 fully saturated rings. The molecule has 0 atom stereocenters.